The number of ether oxygens (including phenoxy) is 3. The summed E-state index contributed by atoms with van der Waals surface area (Å²) in [5.41, 5.74) is 0. The molecule has 1 aliphatic rings. The maximum Gasteiger partial charge on any atom is 0.303 e. The van der Waals surface area contributed by atoms with Crippen LogP contribution in [0.4, 0.5) is 0 Å². The third kappa shape index (κ3) is 4.45. The van der Waals surface area contributed by atoms with Crippen molar-refractivity contribution in [2.45, 2.75) is 52.4 Å². The van der Waals surface area contributed by atoms with E-state index in [2.05, 4.69) is 0 Å². The number of hydrogen-bond donors (Lipinski definition) is 1. The Kier molecular flexibility index (Phi) is 6.42. The van der Waals surface area contributed by atoms with Gasteiger partial charge in [0.25, 0.3) is 0 Å². The summed E-state index contributed by atoms with van der Waals surface area (Å²) in [4.78, 5) is 22.2. The molecule has 0 aromatic heterocycles. The molecule has 0 bridgehead atoms. The largest absolute Gasteiger partial charge is 0.463 e. The molecule has 1 N–H and O–H groups in total. The molecule has 1 heterocycles. The van der Waals surface area contributed by atoms with Crippen molar-refractivity contribution in [1.29, 1.82) is 0 Å². The van der Waals surface area contributed by atoms with Crippen LogP contribution in [0.3, 0.4) is 0 Å². The Morgan fingerprint density at radius 2 is 1.75 bits per heavy atom. The van der Waals surface area contributed by atoms with Gasteiger partial charge < -0.3 is 19.3 Å². The number of rotatable bonds is 5. The van der Waals surface area contributed by atoms with Crippen molar-refractivity contribution in [1.82, 2.24) is 0 Å². The average molecular weight is 288 g/mol. The summed E-state index contributed by atoms with van der Waals surface area (Å²) < 4.78 is 16.2. The smallest absolute Gasteiger partial charge is 0.303 e. The monoisotopic (exact) mass is 288 g/mol. The Hall–Kier alpha value is -1.14. The van der Waals surface area contributed by atoms with Gasteiger partial charge in [-0.25, -0.2) is 0 Å². The van der Waals surface area contributed by atoms with E-state index in [1.54, 1.807) is 0 Å². The molecule has 1 aliphatic heterocycles. The third-order valence-corrected chi connectivity index (χ3v) is 3.82. The fraction of sp³-hybridized carbons (Fsp3) is 0.857. The van der Waals surface area contributed by atoms with Crippen LogP contribution in [0, 0.1) is 11.8 Å². The molecule has 20 heavy (non-hydrogen) atoms. The number of carbonyl (C=O) groups excluding carboxylic acids is 2. The zero-order valence-corrected chi connectivity index (χ0v) is 12.5. The number of hydrogen-bond acceptors (Lipinski definition) is 6. The summed E-state index contributed by atoms with van der Waals surface area (Å²) >= 11 is 0. The van der Waals surface area contributed by atoms with E-state index < -0.39 is 18.2 Å². The van der Waals surface area contributed by atoms with Gasteiger partial charge in [-0.2, -0.15) is 0 Å². The van der Waals surface area contributed by atoms with Gasteiger partial charge in [0, 0.05) is 26.4 Å². The topological polar surface area (TPSA) is 82.1 Å². The van der Waals surface area contributed by atoms with Gasteiger partial charge in [0.15, 0.2) is 0 Å². The lowest BCUT2D eigenvalue weighted by Crippen LogP contribution is -2.53. The van der Waals surface area contributed by atoms with E-state index in [9.17, 15) is 9.59 Å². The highest BCUT2D eigenvalue weighted by Crippen LogP contribution is 2.34. The van der Waals surface area contributed by atoms with E-state index in [1.165, 1.54) is 13.8 Å². The lowest BCUT2D eigenvalue weighted by molar-refractivity contribution is -0.207. The molecule has 0 spiro atoms. The van der Waals surface area contributed by atoms with E-state index in [0.717, 1.165) is 0 Å². The van der Waals surface area contributed by atoms with Crippen molar-refractivity contribution in [2.24, 2.45) is 11.8 Å². The molecule has 116 valence electrons. The average Bonchev–Trinajstić information content (AvgIpc) is 2.36. The SMILES string of the molecule is CC(=O)OCC1O[C@@H](CCO)C(C)[C@@H](C)[C@H]1OC(C)=O. The number of aliphatic hydroxyl groups excluding tert-OH is 1. The Balaban J connectivity index is 2.80. The van der Waals surface area contributed by atoms with E-state index >= 15 is 0 Å². The standard InChI is InChI=1S/C14H24O6/c1-8-9(2)14(19-11(4)17)13(7-18-10(3)16)20-12(8)5-6-15/h8-9,12-15H,5-7H2,1-4H3/t8?,9-,12+,13?,14-/m1/s1. The first-order chi connectivity index (χ1) is 9.36. The van der Waals surface area contributed by atoms with Crippen LogP contribution in [0.25, 0.3) is 0 Å². The molecule has 1 fully saturated rings. The van der Waals surface area contributed by atoms with Gasteiger partial charge in [-0.1, -0.05) is 13.8 Å². The predicted octanol–water partition coefficient (Wildman–Crippen LogP) is 0.903. The van der Waals surface area contributed by atoms with E-state index in [0.29, 0.717) is 6.42 Å². The van der Waals surface area contributed by atoms with Gasteiger partial charge in [-0.15, -0.1) is 0 Å². The van der Waals surface area contributed by atoms with Crippen molar-refractivity contribution in [2.75, 3.05) is 13.2 Å². The predicted molar refractivity (Wildman–Crippen MR) is 70.9 cm³/mol. The molecule has 0 radical (unpaired) electrons. The van der Waals surface area contributed by atoms with E-state index in [-0.39, 0.29) is 37.1 Å². The summed E-state index contributed by atoms with van der Waals surface area (Å²) in [5.74, 6) is -0.587. The molecule has 0 aromatic carbocycles. The molecule has 5 atom stereocenters. The van der Waals surface area contributed by atoms with Crippen molar-refractivity contribution >= 4 is 11.9 Å². The maximum absolute atomic E-state index is 11.2. The van der Waals surface area contributed by atoms with Gasteiger partial charge >= 0.3 is 11.9 Å². The van der Waals surface area contributed by atoms with Crippen LogP contribution in [0.2, 0.25) is 0 Å². The molecular weight excluding hydrogens is 264 g/mol. The Labute approximate surface area is 119 Å². The second-order valence-electron chi connectivity index (χ2n) is 5.32. The van der Waals surface area contributed by atoms with Crippen LogP contribution in [0.5, 0.6) is 0 Å². The van der Waals surface area contributed by atoms with E-state index in [1.807, 2.05) is 13.8 Å². The van der Waals surface area contributed by atoms with Gasteiger partial charge in [0.05, 0.1) is 6.10 Å². The summed E-state index contributed by atoms with van der Waals surface area (Å²) in [6, 6.07) is 0. The second-order valence-corrected chi connectivity index (χ2v) is 5.32. The molecule has 0 amide bonds. The highest BCUT2D eigenvalue weighted by Gasteiger charge is 2.43. The van der Waals surface area contributed by atoms with Gasteiger partial charge in [0.2, 0.25) is 0 Å². The molecule has 0 aromatic rings. The Bertz CT molecular complexity index is 343. The van der Waals surface area contributed by atoms with Crippen molar-refractivity contribution in [3.05, 3.63) is 0 Å². The summed E-state index contributed by atoms with van der Waals surface area (Å²) in [6.07, 6.45) is -0.570. The van der Waals surface area contributed by atoms with Crippen LogP contribution in [-0.2, 0) is 23.8 Å². The lowest BCUT2D eigenvalue weighted by Gasteiger charge is -2.43. The normalized spacial score (nSPS) is 33.5. The van der Waals surface area contributed by atoms with Crippen LogP contribution in [0.15, 0.2) is 0 Å². The van der Waals surface area contributed by atoms with Crippen LogP contribution < -0.4 is 0 Å². The number of esters is 2. The first kappa shape index (κ1) is 16.9. The molecule has 6 heteroatoms. The highest BCUT2D eigenvalue weighted by atomic mass is 16.6. The fourth-order valence-corrected chi connectivity index (χ4v) is 2.57. The minimum atomic E-state index is -0.495. The van der Waals surface area contributed by atoms with Crippen molar-refractivity contribution in [3.8, 4) is 0 Å². The molecular formula is C14H24O6. The Morgan fingerprint density at radius 1 is 1.10 bits per heavy atom. The molecule has 1 saturated heterocycles. The van der Waals surface area contributed by atoms with Crippen molar-refractivity contribution < 1.29 is 28.9 Å². The van der Waals surface area contributed by atoms with Crippen molar-refractivity contribution in [3.63, 3.8) is 0 Å². The molecule has 0 saturated carbocycles. The quantitative estimate of drug-likeness (QED) is 0.757. The second kappa shape index (κ2) is 7.59. The Morgan fingerprint density at radius 3 is 2.25 bits per heavy atom. The summed E-state index contributed by atoms with van der Waals surface area (Å²) in [5, 5.41) is 9.09. The number of carbonyl (C=O) groups is 2. The minimum Gasteiger partial charge on any atom is -0.463 e. The fourth-order valence-electron chi connectivity index (χ4n) is 2.57. The van der Waals surface area contributed by atoms with Crippen LogP contribution >= 0.6 is 0 Å². The first-order valence-electron chi connectivity index (χ1n) is 6.93. The molecule has 1 rings (SSSR count). The lowest BCUT2D eigenvalue weighted by atomic mass is 9.80. The van der Waals surface area contributed by atoms with Gasteiger partial charge in [-0.3, -0.25) is 9.59 Å². The molecule has 2 unspecified atom stereocenters. The minimum absolute atomic E-state index is 0.0280. The molecule has 6 nitrogen and oxygen atoms in total. The van der Waals surface area contributed by atoms with Crippen LogP contribution in [0.1, 0.15) is 34.1 Å². The number of aliphatic hydroxyl groups is 1. The zero-order chi connectivity index (χ0) is 15.3. The van der Waals surface area contributed by atoms with Gasteiger partial charge in [0.1, 0.15) is 18.8 Å². The summed E-state index contributed by atoms with van der Waals surface area (Å²) in [7, 11) is 0. The first-order valence-corrected chi connectivity index (χ1v) is 6.93. The van der Waals surface area contributed by atoms with E-state index in [4.69, 9.17) is 19.3 Å². The van der Waals surface area contributed by atoms with Crippen LogP contribution in [-0.4, -0.2) is 48.6 Å². The zero-order valence-electron chi connectivity index (χ0n) is 12.5. The highest BCUT2D eigenvalue weighted by molar-refractivity contribution is 5.66. The summed E-state index contributed by atoms with van der Waals surface area (Å²) in [6.45, 7) is 6.73. The third-order valence-electron chi connectivity index (χ3n) is 3.82. The van der Waals surface area contributed by atoms with Gasteiger partial charge in [-0.05, 0) is 12.3 Å². The molecule has 0 aliphatic carbocycles. The maximum atomic E-state index is 11.2.